The lowest BCUT2D eigenvalue weighted by molar-refractivity contribution is 0.200. The molecule has 5 heteroatoms. The van der Waals surface area contributed by atoms with Crippen LogP contribution in [0.3, 0.4) is 0 Å². The molecule has 1 aromatic heterocycles. The van der Waals surface area contributed by atoms with Gasteiger partial charge in [0, 0.05) is 11.3 Å². The van der Waals surface area contributed by atoms with Gasteiger partial charge in [-0.05, 0) is 52.4 Å². The number of hydrogen-bond acceptors (Lipinski definition) is 4. The summed E-state index contributed by atoms with van der Waals surface area (Å²) in [6.07, 6.45) is 0. The molecule has 2 N–H and O–H groups in total. The largest absolute Gasteiger partial charge is 0.399 e. The van der Waals surface area contributed by atoms with Crippen LogP contribution in [0.2, 0.25) is 0 Å². The summed E-state index contributed by atoms with van der Waals surface area (Å²) in [5.41, 5.74) is 8.83. The predicted octanol–water partition coefficient (Wildman–Crippen LogP) is 2.91. The number of nitrogen functional groups attached to an aromatic ring is 1. The second-order valence-electron chi connectivity index (χ2n) is 6.37. The Labute approximate surface area is 120 Å². The number of aromatic nitrogens is 4. The normalized spacial score (nSPS) is 12.1. The highest BCUT2D eigenvalue weighted by Crippen LogP contribution is 2.29. The molecule has 0 radical (unpaired) electrons. The number of nitrogens with two attached hydrogens (primary N) is 1. The van der Waals surface area contributed by atoms with Crippen molar-refractivity contribution >= 4 is 5.69 Å². The van der Waals surface area contributed by atoms with Crippen LogP contribution in [0, 0.1) is 18.3 Å². The van der Waals surface area contributed by atoms with Crippen molar-refractivity contribution in [1.29, 1.82) is 0 Å². The first kappa shape index (κ1) is 14.5. The summed E-state index contributed by atoms with van der Waals surface area (Å²) in [5, 5.41) is 12.1. The molecule has 108 valence electrons. The number of hydrogen-bond donors (Lipinski definition) is 1. The number of tetrazole rings is 1. The van der Waals surface area contributed by atoms with Crippen molar-refractivity contribution in [2.45, 2.75) is 41.2 Å². The Kier molecular flexibility index (Phi) is 3.79. The highest BCUT2D eigenvalue weighted by atomic mass is 15.5. The van der Waals surface area contributed by atoms with E-state index in [4.69, 9.17) is 5.73 Å². The van der Waals surface area contributed by atoms with Crippen LogP contribution >= 0.6 is 0 Å². The van der Waals surface area contributed by atoms with E-state index in [1.165, 1.54) is 0 Å². The predicted molar refractivity (Wildman–Crippen MR) is 81.0 cm³/mol. The summed E-state index contributed by atoms with van der Waals surface area (Å²) in [5.74, 6) is 1.34. The molecule has 2 aromatic rings. The number of rotatable bonds is 4. The molecule has 0 aliphatic rings. The molecule has 0 bridgehead atoms. The highest BCUT2D eigenvalue weighted by molar-refractivity contribution is 5.61. The number of anilines is 1. The lowest BCUT2D eigenvalue weighted by Crippen LogP contribution is -2.26. The second-order valence-corrected chi connectivity index (χ2v) is 6.37. The Morgan fingerprint density at radius 1 is 1.30 bits per heavy atom. The van der Waals surface area contributed by atoms with Crippen LogP contribution in [0.5, 0.6) is 0 Å². The smallest absolute Gasteiger partial charge is 0.182 e. The molecular weight excluding hydrogens is 250 g/mol. The maximum Gasteiger partial charge on any atom is 0.182 e. The zero-order chi connectivity index (χ0) is 14.9. The fourth-order valence-electron chi connectivity index (χ4n) is 1.90. The third-order valence-corrected chi connectivity index (χ3v) is 4.18. The molecule has 20 heavy (non-hydrogen) atoms. The summed E-state index contributed by atoms with van der Waals surface area (Å²) in [7, 11) is 0. The van der Waals surface area contributed by atoms with Crippen LogP contribution < -0.4 is 5.73 Å². The van der Waals surface area contributed by atoms with Crippen LogP contribution in [-0.2, 0) is 6.54 Å². The average molecular weight is 273 g/mol. The van der Waals surface area contributed by atoms with Crippen molar-refractivity contribution < 1.29 is 0 Å². The summed E-state index contributed by atoms with van der Waals surface area (Å²) in [4.78, 5) is 0. The van der Waals surface area contributed by atoms with Gasteiger partial charge < -0.3 is 5.73 Å². The summed E-state index contributed by atoms with van der Waals surface area (Å²) >= 11 is 0. The Morgan fingerprint density at radius 3 is 2.60 bits per heavy atom. The maximum atomic E-state index is 5.86. The van der Waals surface area contributed by atoms with E-state index in [0.717, 1.165) is 29.2 Å². The molecule has 0 amide bonds. The fraction of sp³-hybridized carbons (Fsp3) is 0.533. The lowest BCUT2D eigenvalue weighted by atomic mass is 9.81. The summed E-state index contributed by atoms with van der Waals surface area (Å²) in [6, 6.07) is 5.89. The minimum absolute atomic E-state index is 0.132. The number of aryl methyl sites for hydroxylation is 1. The van der Waals surface area contributed by atoms with Crippen LogP contribution in [-0.4, -0.2) is 20.2 Å². The molecule has 0 aliphatic heterocycles. The molecule has 0 fully saturated rings. The molecule has 0 saturated heterocycles. The van der Waals surface area contributed by atoms with Gasteiger partial charge in [0.25, 0.3) is 0 Å². The van der Waals surface area contributed by atoms with Crippen molar-refractivity contribution in [1.82, 2.24) is 20.2 Å². The fourth-order valence-corrected chi connectivity index (χ4v) is 1.90. The lowest BCUT2D eigenvalue weighted by Gasteiger charge is -2.29. The Balaban J connectivity index is 2.35. The quantitative estimate of drug-likeness (QED) is 0.870. The van der Waals surface area contributed by atoms with Gasteiger partial charge in [-0.25, -0.2) is 4.68 Å². The van der Waals surface area contributed by atoms with Crippen LogP contribution in [0.4, 0.5) is 5.69 Å². The van der Waals surface area contributed by atoms with Crippen molar-refractivity contribution in [3.8, 4) is 11.4 Å². The summed E-state index contributed by atoms with van der Waals surface area (Å²) < 4.78 is 1.88. The molecule has 0 saturated carbocycles. The molecule has 0 atom stereocenters. The first-order chi connectivity index (χ1) is 9.31. The average Bonchev–Trinajstić information content (AvgIpc) is 2.80. The first-order valence-electron chi connectivity index (χ1n) is 6.94. The second kappa shape index (κ2) is 5.23. The van der Waals surface area contributed by atoms with Crippen molar-refractivity contribution in [3.05, 3.63) is 23.8 Å². The van der Waals surface area contributed by atoms with E-state index in [-0.39, 0.29) is 5.41 Å². The van der Waals surface area contributed by atoms with E-state index in [2.05, 4.69) is 43.2 Å². The Hall–Kier alpha value is -1.91. The molecule has 2 rings (SSSR count). The first-order valence-corrected chi connectivity index (χ1v) is 6.94. The van der Waals surface area contributed by atoms with Crippen LogP contribution in [0.25, 0.3) is 11.4 Å². The van der Waals surface area contributed by atoms with Gasteiger partial charge in [-0.3, -0.25) is 0 Å². The minimum Gasteiger partial charge on any atom is -0.399 e. The Morgan fingerprint density at radius 2 is 2.00 bits per heavy atom. The SMILES string of the molecule is Cc1cc(-c2nnnn2CC(C)(C)C(C)C)ccc1N. The van der Waals surface area contributed by atoms with E-state index in [1.807, 2.05) is 29.8 Å². The Bertz CT molecular complexity index is 598. The van der Waals surface area contributed by atoms with Gasteiger partial charge in [0.15, 0.2) is 5.82 Å². The molecule has 1 heterocycles. The molecule has 0 unspecified atom stereocenters. The zero-order valence-electron chi connectivity index (χ0n) is 12.9. The molecular formula is C15H23N5. The van der Waals surface area contributed by atoms with Gasteiger partial charge in [0.05, 0.1) is 6.54 Å². The van der Waals surface area contributed by atoms with E-state index in [0.29, 0.717) is 5.92 Å². The van der Waals surface area contributed by atoms with Gasteiger partial charge in [-0.15, -0.1) is 5.10 Å². The van der Waals surface area contributed by atoms with Crippen molar-refractivity contribution in [2.24, 2.45) is 11.3 Å². The summed E-state index contributed by atoms with van der Waals surface area (Å²) in [6.45, 7) is 11.7. The third-order valence-electron chi connectivity index (χ3n) is 4.18. The van der Waals surface area contributed by atoms with Crippen molar-refractivity contribution in [3.63, 3.8) is 0 Å². The van der Waals surface area contributed by atoms with E-state index in [1.54, 1.807) is 0 Å². The van der Waals surface area contributed by atoms with Crippen LogP contribution in [0.1, 0.15) is 33.3 Å². The number of benzene rings is 1. The molecule has 0 aliphatic carbocycles. The third kappa shape index (κ3) is 2.81. The standard InChI is InChI=1S/C15H23N5/c1-10(2)15(4,5)9-20-14(17-18-19-20)12-6-7-13(16)11(3)8-12/h6-8,10H,9,16H2,1-5H3. The highest BCUT2D eigenvalue weighted by Gasteiger charge is 2.25. The monoisotopic (exact) mass is 273 g/mol. The number of nitrogens with zero attached hydrogens (tertiary/aromatic N) is 4. The van der Waals surface area contributed by atoms with Gasteiger partial charge in [0.2, 0.25) is 0 Å². The van der Waals surface area contributed by atoms with E-state index >= 15 is 0 Å². The van der Waals surface area contributed by atoms with Crippen molar-refractivity contribution in [2.75, 3.05) is 5.73 Å². The minimum atomic E-state index is 0.132. The van der Waals surface area contributed by atoms with Gasteiger partial charge in [-0.1, -0.05) is 27.7 Å². The zero-order valence-corrected chi connectivity index (χ0v) is 12.9. The van der Waals surface area contributed by atoms with Gasteiger partial charge in [-0.2, -0.15) is 0 Å². The molecule has 1 aromatic carbocycles. The van der Waals surface area contributed by atoms with Crippen LogP contribution in [0.15, 0.2) is 18.2 Å². The molecule has 0 spiro atoms. The topological polar surface area (TPSA) is 69.6 Å². The maximum absolute atomic E-state index is 5.86. The molecule has 5 nitrogen and oxygen atoms in total. The van der Waals surface area contributed by atoms with E-state index in [9.17, 15) is 0 Å². The van der Waals surface area contributed by atoms with E-state index < -0.39 is 0 Å². The van der Waals surface area contributed by atoms with Gasteiger partial charge in [0.1, 0.15) is 0 Å². The van der Waals surface area contributed by atoms with Gasteiger partial charge >= 0.3 is 0 Å².